The summed E-state index contributed by atoms with van der Waals surface area (Å²) in [6.45, 7) is 3.99. The number of ether oxygens (including phenoxy) is 1. The quantitative estimate of drug-likeness (QED) is 0.864. The van der Waals surface area contributed by atoms with Gasteiger partial charge in [-0.15, -0.1) is 0 Å². The Bertz CT molecular complexity index is 589. The molecule has 0 radical (unpaired) electrons. The number of nitrogens with one attached hydrogen (secondary N) is 1. The molecule has 22 heavy (non-hydrogen) atoms. The minimum Gasteiger partial charge on any atom is -0.368 e. The van der Waals surface area contributed by atoms with E-state index in [1.807, 2.05) is 0 Å². The van der Waals surface area contributed by atoms with Crippen LogP contribution in [0.2, 0.25) is 0 Å². The average Bonchev–Trinajstić information content (AvgIpc) is 3.17. The summed E-state index contributed by atoms with van der Waals surface area (Å²) in [6, 6.07) is 0. The highest BCUT2D eigenvalue weighted by atomic mass is 32.2. The smallest absolute Gasteiger partial charge is 0.279 e. The average molecular weight is 330 g/mol. The summed E-state index contributed by atoms with van der Waals surface area (Å²) < 4.78 is 39.1. The molecule has 0 aromatic carbocycles. The molecule has 3 rings (SSSR count). The number of aromatic nitrogens is 2. The Morgan fingerprint density at radius 1 is 1.32 bits per heavy atom. The molecular weight excluding hydrogens is 308 g/mol. The lowest BCUT2D eigenvalue weighted by molar-refractivity contribution is 0.0835. The fourth-order valence-corrected chi connectivity index (χ4v) is 3.90. The van der Waals surface area contributed by atoms with Crippen molar-refractivity contribution in [3.05, 3.63) is 11.7 Å². The molecule has 0 unspecified atom stereocenters. The lowest BCUT2D eigenvalue weighted by atomic mass is 10.0. The van der Waals surface area contributed by atoms with Gasteiger partial charge in [-0.3, -0.25) is 0 Å². The van der Waals surface area contributed by atoms with Gasteiger partial charge in [0.05, 0.1) is 6.54 Å². The molecular formula is C13H22N4O4S. The normalized spacial score (nSPS) is 24.9. The van der Waals surface area contributed by atoms with Crippen LogP contribution in [0.4, 0.5) is 0 Å². The van der Waals surface area contributed by atoms with Crippen molar-refractivity contribution in [3.8, 4) is 0 Å². The fraction of sp³-hybridized carbons (Fsp3) is 0.846. The van der Waals surface area contributed by atoms with Gasteiger partial charge < -0.3 is 9.26 Å². The Labute approximate surface area is 130 Å². The predicted octanol–water partition coefficient (Wildman–Crippen LogP) is 0.987. The van der Waals surface area contributed by atoms with Crippen LogP contribution in [0.25, 0.3) is 0 Å². The van der Waals surface area contributed by atoms with E-state index in [1.165, 1.54) is 4.31 Å². The second-order valence-electron chi connectivity index (χ2n) is 5.96. The summed E-state index contributed by atoms with van der Waals surface area (Å²) in [4.78, 5) is 4.20. The number of hydrogen-bond acceptors (Lipinski definition) is 6. The van der Waals surface area contributed by atoms with Crippen LogP contribution >= 0.6 is 0 Å². The van der Waals surface area contributed by atoms with E-state index in [0.717, 1.165) is 25.7 Å². The molecule has 0 amide bonds. The monoisotopic (exact) mass is 330 g/mol. The first-order valence-corrected chi connectivity index (χ1v) is 9.17. The first kappa shape index (κ1) is 15.9. The summed E-state index contributed by atoms with van der Waals surface area (Å²) in [5.41, 5.74) is 0. The Hall–Kier alpha value is -1.03. The SMILES string of the molecule is CC1CCN(S(=O)(=O)NCc2noc([C@H]3CCCO3)n2)CC1. The van der Waals surface area contributed by atoms with Crippen LogP contribution in [0.15, 0.2) is 4.52 Å². The Morgan fingerprint density at radius 2 is 2.09 bits per heavy atom. The minimum absolute atomic E-state index is 0.0323. The Balaban J connectivity index is 1.55. The number of rotatable bonds is 5. The summed E-state index contributed by atoms with van der Waals surface area (Å²) in [5.74, 6) is 1.34. The van der Waals surface area contributed by atoms with E-state index < -0.39 is 10.2 Å². The van der Waals surface area contributed by atoms with Gasteiger partial charge in [0.2, 0.25) is 0 Å². The van der Waals surface area contributed by atoms with Crippen molar-refractivity contribution in [3.63, 3.8) is 0 Å². The number of piperidine rings is 1. The van der Waals surface area contributed by atoms with Crippen molar-refractivity contribution in [1.82, 2.24) is 19.2 Å². The van der Waals surface area contributed by atoms with Gasteiger partial charge in [0.1, 0.15) is 6.10 Å². The summed E-state index contributed by atoms with van der Waals surface area (Å²) in [6.07, 6.45) is 3.47. The predicted molar refractivity (Wildman–Crippen MR) is 78.0 cm³/mol. The molecule has 0 spiro atoms. The zero-order chi connectivity index (χ0) is 15.6. The third-order valence-electron chi connectivity index (χ3n) is 4.18. The van der Waals surface area contributed by atoms with E-state index in [-0.39, 0.29) is 12.6 Å². The zero-order valence-corrected chi connectivity index (χ0v) is 13.5. The van der Waals surface area contributed by atoms with Gasteiger partial charge in [-0.25, -0.2) is 0 Å². The van der Waals surface area contributed by atoms with Crippen molar-refractivity contribution in [2.75, 3.05) is 19.7 Å². The molecule has 0 aliphatic carbocycles. The largest absolute Gasteiger partial charge is 0.368 e. The summed E-state index contributed by atoms with van der Waals surface area (Å²) in [5, 5.41) is 3.81. The second kappa shape index (κ2) is 6.61. The summed E-state index contributed by atoms with van der Waals surface area (Å²) >= 11 is 0. The highest BCUT2D eigenvalue weighted by Gasteiger charge is 2.27. The van der Waals surface area contributed by atoms with Gasteiger partial charge in [0.15, 0.2) is 5.82 Å². The van der Waals surface area contributed by atoms with Gasteiger partial charge in [-0.2, -0.15) is 22.4 Å². The van der Waals surface area contributed by atoms with Gasteiger partial charge in [-0.05, 0) is 31.6 Å². The van der Waals surface area contributed by atoms with E-state index in [0.29, 0.717) is 37.3 Å². The molecule has 3 heterocycles. The van der Waals surface area contributed by atoms with Crippen molar-refractivity contribution in [2.24, 2.45) is 5.92 Å². The van der Waals surface area contributed by atoms with Gasteiger partial charge in [-0.1, -0.05) is 12.1 Å². The van der Waals surface area contributed by atoms with Crippen molar-refractivity contribution < 1.29 is 17.7 Å². The molecule has 2 saturated heterocycles. The van der Waals surface area contributed by atoms with Crippen LogP contribution in [-0.4, -0.2) is 42.6 Å². The van der Waals surface area contributed by atoms with Crippen LogP contribution in [0.1, 0.15) is 50.4 Å². The molecule has 1 aromatic rings. The molecule has 124 valence electrons. The van der Waals surface area contributed by atoms with Crippen LogP contribution in [0.3, 0.4) is 0 Å². The highest BCUT2D eigenvalue weighted by molar-refractivity contribution is 7.87. The van der Waals surface area contributed by atoms with Crippen molar-refractivity contribution in [1.29, 1.82) is 0 Å². The third-order valence-corrected chi connectivity index (χ3v) is 5.74. The van der Waals surface area contributed by atoms with Crippen LogP contribution < -0.4 is 4.72 Å². The second-order valence-corrected chi connectivity index (χ2v) is 7.71. The molecule has 9 heteroatoms. The molecule has 2 aliphatic heterocycles. The molecule has 0 saturated carbocycles. The number of nitrogens with zero attached hydrogens (tertiary/aromatic N) is 3. The topological polar surface area (TPSA) is 97.6 Å². The maximum atomic E-state index is 12.2. The lowest BCUT2D eigenvalue weighted by Gasteiger charge is -2.29. The molecule has 0 bridgehead atoms. The van der Waals surface area contributed by atoms with E-state index in [9.17, 15) is 8.42 Å². The van der Waals surface area contributed by atoms with E-state index in [2.05, 4.69) is 21.8 Å². The van der Waals surface area contributed by atoms with Gasteiger partial charge >= 0.3 is 0 Å². The molecule has 2 aliphatic rings. The molecule has 2 fully saturated rings. The first-order chi connectivity index (χ1) is 10.5. The number of hydrogen-bond donors (Lipinski definition) is 1. The maximum absolute atomic E-state index is 12.2. The highest BCUT2D eigenvalue weighted by Crippen LogP contribution is 2.26. The van der Waals surface area contributed by atoms with E-state index in [4.69, 9.17) is 9.26 Å². The Morgan fingerprint density at radius 3 is 2.77 bits per heavy atom. The first-order valence-electron chi connectivity index (χ1n) is 7.73. The maximum Gasteiger partial charge on any atom is 0.279 e. The van der Waals surface area contributed by atoms with Crippen molar-refractivity contribution in [2.45, 2.75) is 45.3 Å². The molecule has 1 atom stereocenters. The van der Waals surface area contributed by atoms with Crippen LogP contribution in [0.5, 0.6) is 0 Å². The lowest BCUT2D eigenvalue weighted by Crippen LogP contribution is -2.44. The summed E-state index contributed by atoms with van der Waals surface area (Å²) in [7, 11) is -3.48. The minimum atomic E-state index is -3.48. The standard InChI is InChI=1S/C13H22N4O4S/c1-10-4-6-17(7-5-10)22(18,19)14-9-12-15-13(21-16-12)11-3-2-8-20-11/h10-11,14H,2-9H2,1H3/t11-/m1/s1. The van der Waals surface area contributed by atoms with Gasteiger partial charge in [0, 0.05) is 19.7 Å². The molecule has 1 aromatic heterocycles. The van der Waals surface area contributed by atoms with Crippen LogP contribution in [0, 0.1) is 5.92 Å². The zero-order valence-electron chi connectivity index (χ0n) is 12.7. The van der Waals surface area contributed by atoms with Crippen molar-refractivity contribution >= 4 is 10.2 Å². The molecule has 8 nitrogen and oxygen atoms in total. The fourth-order valence-electron chi connectivity index (χ4n) is 2.71. The van der Waals surface area contributed by atoms with Crippen LogP contribution in [-0.2, 0) is 21.5 Å². The Kier molecular flexibility index (Phi) is 4.76. The van der Waals surface area contributed by atoms with Gasteiger partial charge in [0.25, 0.3) is 16.1 Å². The third kappa shape index (κ3) is 3.65. The molecule has 1 N–H and O–H groups in total. The van der Waals surface area contributed by atoms with E-state index >= 15 is 0 Å². The van der Waals surface area contributed by atoms with E-state index in [1.54, 1.807) is 0 Å².